The molecule has 0 amide bonds. The van der Waals surface area contributed by atoms with Gasteiger partial charge >= 0.3 is 0 Å². The third-order valence-corrected chi connectivity index (χ3v) is 3.89. The largest absolute Gasteiger partial charge is 0.370 e. The van der Waals surface area contributed by atoms with E-state index in [0.29, 0.717) is 0 Å². The van der Waals surface area contributed by atoms with E-state index in [0.717, 1.165) is 11.5 Å². The Morgan fingerprint density at radius 1 is 1.24 bits per heavy atom. The van der Waals surface area contributed by atoms with Gasteiger partial charge in [0.2, 0.25) is 0 Å². The van der Waals surface area contributed by atoms with Crippen LogP contribution in [0.5, 0.6) is 0 Å². The topological polar surface area (TPSA) is 88.2 Å². The van der Waals surface area contributed by atoms with E-state index in [2.05, 4.69) is 36.2 Å². The molecule has 92 valence electrons. The average molecular weight is 268 g/mol. The van der Waals surface area contributed by atoms with Crippen molar-refractivity contribution in [1.82, 2.24) is 0 Å². The number of guanidine groups is 1. The van der Waals surface area contributed by atoms with E-state index in [1.54, 1.807) is 11.8 Å². The first-order valence-corrected chi connectivity index (χ1v) is 7.05. The standard InChI is InChI=1S/C11H16N4S2/c1-8-2-4-9(5-3-8)16-6-7-17-11(14)15-10(12)13/h2-5H,6-7H2,1H3,(H5,12,13,14,15). The second kappa shape index (κ2) is 7.24. The van der Waals surface area contributed by atoms with Gasteiger partial charge in [-0.05, 0) is 19.1 Å². The molecule has 0 fully saturated rings. The molecule has 1 aromatic carbocycles. The number of benzene rings is 1. The van der Waals surface area contributed by atoms with E-state index in [9.17, 15) is 0 Å². The Kier molecular flexibility index (Phi) is 5.93. The maximum Gasteiger partial charge on any atom is 0.193 e. The molecule has 0 atom stereocenters. The van der Waals surface area contributed by atoms with Gasteiger partial charge < -0.3 is 11.5 Å². The third-order valence-electron chi connectivity index (χ3n) is 1.84. The van der Waals surface area contributed by atoms with Crippen molar-refractivity contribution in [2.45, 2.75) is 11.8 Å². The maximum absolute atomic E-state index is 7.44. The van der Waals surface area contributed by atoms with E-state index < -0.39 is 0 Å². The molecule has 4 nitrogen and oxygen atoms in total. The number of aryl methyl sites for hydroxylation is 1. The summed E-state index contributed by atoms with van der Waals surface area (Å²) in [5.41, 5.74) is 11.6. The first-order valence-electron chi connectivity index (χ1n) is 5.08. The molecule has 0 unspecified atom stereocenters. The van der Waals surface area contributed by atoms with Crippen LogP contribution in [0.4, 0.5) is 0 Å². The average Bonchev–Trinajstić information content (AvgIpc) is 2.26. The maximum atomic E-state index is 7.44. The third kappa shape index (κ3) is 6.23. The van der Waals surface area contributed by atoms with Crippen LogP contribution in [0, 0.1) is 12.3 Å². The van der Waals surface area contributed by atoms with Gasteiger partial charge in [-0.2, -0.15) is 4.99 Å². The molecule has 0 aliphatic carbocycles. The fourth-order valence-corrected chi connectivity index (χ4v) is 2.68. The lowest BCUT2D eigenvalue weighted by Gasteiger charge is -2.01. The van der Waals surface area contributed by atoms with Crippen LogP contribution in [0.2, 0.25) is 0 Å². The Balaban J connectivity index is 2.22. The Bertz CT molecular complexity index is 396. The molecule has 1 aromatic rings. The Labute approximate surface area is 110 Å². The minimum absolute atomic E-state index is 0.0614. The predicted molar refractivity (Wildman–Crippen MR) is 77.9 cm³/mol. The van der Waals surface area contributed by atoms with E-state index in [1.807, 2.05) is 0 Å². The molecule has 1 rings (SSSR count). The van der Waals surface area contributed by atoms with Gasteiger partial charge in [0.05, 0.1) is 0 Å². The fraction of sp³-hybridized carbons (Fsp3) is 0.273. The fourth-order valence-electron chi connectivity index (χ4n) is 1.08. The quantitative estimate of drug-likeness (QED) is 0.337. The molecule has 0 spiro atoms. The second-order valence-corrected chi connectivity index (χ2v) is 5.60. The molecule has 0 heterocycles. The van der Waals surface area contributed by atoms with Crippen LogP contribution in [0.15, 0.2) is 34.2 Å². The number of nitrogens with two attached hydrogens (primary N) is 2. The highest BCUT2D eigenvalue weighted by Crippen LogP contribution is 2.19. The van der Waals surface area contributed by atoms with Crippen molar-refractivity contribution in [2.24, 2.45) is 16.5 Å². The minimum Gasteiger partial charge on any atom is -0.370 e. The highest BCUT2D eigenvalue weighted by molar-refractivity contribution is 8.14. The second-order valence-electron chi connectivity index (χ2n) is 3.35. The van der Waals surface area contributed by atoms with Crippen LogP contribution in [-0.4, -0.2) is 22.6 Å². The van der Waals surface area contributed by atoms with Crippen LogP contribution in [0.1, 0.15) is 5.56 Å². The SMILES string of the molecule is Cc1ccc(SCCSC(=N)N=C(N)N)cc1. The molecule has 0 aromatic heterocycles. The summed E-state index contributed by atoms with van der Waals surface area (Å²) in [5.74, 6) is 1.68. The van der Waals surface area contributed by atoms with Crippen molar-refractivity contribution in [3.63, 3.8) is 0 Å². The highest BCUT2D eigenvalue weighted by Gasteiger charge is 1.98. The van der Waals surface area contributed by atoms with Gasteiger partial charge in [0.1, 0.15) is 0 Å². The molecule has 0 aliphatic heterocycles. The van der Waals surface area contributed by atoms with Crippen LogP contribution < -0.4 is 11.5 Å². The van der Waals surface area contributed by atoms with E-state index in [4.69, 9.17) is 16.9 Å². The molecule has 0 bridgehead atoms. The van der Waals surface area contributed by atoms with Gasteiger partial charge in [-0.3, -0.25) is 5.41 Å². The van der Waals surface area contributed by atoms with Crippen molar-refractivity contribution in [1.29, 1.82) is 5.41 Å². The van der Waals surface area contributed by atoms with Gasteiger partial charge in [0.15, 0.2) is 11.1 Å². The van der Waals surface area contributed by atoms with Crippen molar-refractivity contribution in [3.05, 3.63) is 29.8 Å². The molecular formula is C11H16N4S2. The van der Waals surface area contributed by atoms with Crippen LogP contribution >= 0.6 is 23.5 Å². The normalized spacial score (nSPS) is 9.94. The zero-order chi connectivity index (χ0) is 12.7. The summed E-state index contributed by atoms with van der Waals surface area (Å²) in [4.78, 5) is 4.88. The number of hydrogen-bond donors (Lipinski definition) is 3. The molecule has 0 saturated heterocycles. The van der Waals surface area contributed by atoms with Gasteiger partial charge in [0, 0.05) is 16.4 Å². The van der Waals surface area contributed by atoms with Gasteiger partial charge in [-0.1, -0.05) is 29.5 Å². The number of nitrogens with one attached hydrogen (secondary N) is 1. The first kappa shape index (κ1) is 13.9. The number of rotatable bonds is 4. The van der Waals surface area contributed by atoms with Gasteiger partial charge in [-0.15, -0.1) is 11.8 Å². The Morgan fingerprint density at radius 2 is 1.88 bits per heavy atom. The summed E-state index contributed by atoms with van der Waals surface area (Å²) in [5, 5.41) is 7.60. The highest BCUT2D eigenvalue weighted by atomic mass is 32.2. The number of nitrogens with zero attached hydrogens (tertiary/aromatic N) is 1. The Morgan fingerprint density at radius 3 is 2.47 bits per heavy atom. The van der Waals surface area contributed by atoms with E-state index >= 15 is 0 Å². The molecule has 17 heavy (non-hydrogen) atoms. The minimum atomic E-state index is -0.0614. The summed E-state index contributed by atoms with van der Waals surface area (Å²) in [6, 6.07) is 8.39. The van der Waals surface area contributed by atoms with Crippen molar-refractivity contribution in [3.8, 4) is 0 Å². The zero-order valence-electron chi connectivity index (χ0n) is 9.64. The van der Waals surface area contributed by atoms with Gasteiger partial charge in [-0.25, -0.2) is 0 Å². The van der Waals surface area contributed by atoms with Crippen LogP contribution in [0.25, 0.3) is 0 Å². The molecule has 5 N–H and O–H groups in total. The zero-order valence-corrected chi connectivity index (χ0v) is 11.3. The predicted octanol–water partition coefficient (Wildman–Crippen LogP) is 2.03. The molecule has 0 radical (unpaired) electrons. The number of thioether (sulfide) groups is 2. The monoisotopic (exact) mass is 268 g/mol. The van der Waals surface area contributed by atoms with Crippen molar-refractivity contribution in [2.75, 3.05) is 11.5 Å². The molecule has 0 saturated carbocycles. The molecule has 0 aliphatic rings. The lowest BCUT2D eigenvalue weighted by atomic mass is 10.2. The van der Waals surface area contributed by atoms with E-state index in [-0.39, 0.29) is 11.1 Å². The first-order chi connectivity index (χ1) is 8.08. The van der Waals surface area contributed by atoms with Crippen LogP contribution in [0.3, 0.4) is 0 Å². The number of aliphatic imine (C=N–C) groups is 1. The molecule has 6 heteroatoms. The summed E-state index contributed by atoms with van der Waals surface area (Å²) in [7, 11) is 0. The summed E-state index contributed by atoms with van der Waals surface area (Å²) in [6.07, 6.45) is 0. The van der Waals surface area contributed by atoms with Gasteiger partial charge in [0.25, 0.3) is 0 Å². The van der Waals surface area contributed by atoms with Crippen molar-refractivity contribution < 1.29 is 0 Å². The van der Waals surface area contributed by atoms with E-state index in [1.165, 1.54) is 22.2 Å². The number of hydrogen-bond acceptors (Lipinski definition) is 3. The molecular weight excluding hydrogens is 252 g/mol. The summed E-state index contributed by atoms with van der Waals surface area (Å²) >= 11 is 3.10. The Hall–Kier alpha value is -1.14. The smallest absolute Gasteiger partial charge is 0.193 e. The van der Waals surface area contributed by atoms with Crippen molar-refractivity contribution >= 4 is 34.7 Å². The summed E-state index contributed by atoms with van der Waals surface area (Å²) in [6.45, 7) is 2.07. The van der Waals surface area contributed by atoms with Crippen LogP contribution in [-0.2, 0) is 0 Å². The number of amidine groups is 1. The summed E-state index contributed by atoms with van der Waals surface area (Å²) < 4.78 is 0. The lowest BCUT2D eigenvalue weighted by molar-refractivity contribution is 1.37. The lowest BCUT2D eigenvalue weighted by Crippen LogP contribution is -2.23.